The molecule has 1 aliphatic heterocycles. The van der Waals surface area contributed by atoms with Crippen LogP contribution in [0.5, 0.6) is 11.5 Å². The van der Waals surface area contributed by atoms with Crippen molar-refractivity contribution in [2.45, 2.75) is 57.0 Å². The highest BCUT2D eigenvalue weighted by Crippen LogP contribution is 2.34. The second-order valence-corrected chi connectivity index (χ2v) is 13.1. The van der Waals surface area contributed by atoms with Gasteiger partial charge >= 0.3 is 0 Å². The number of hydrogen-bond donors (Lipinski definition) is 1. The van der Waals surface area contributed by atoms with Gasteiger partial charge in [-0.2, -0.15) is 0 Å². The molecule has 0 aliphatic carbocycles. The third-order valence-corrected chi connectivity index (χ3v) is 8.63. The summed E-state index contributed by atoms with van der Waals surface area (Å²) in [4.78, 5) is 28.8. The Bertz CT molecular complexity index is 1520. The summed E-state index contributed by atoms with van der Waals surface area (Å²) in [5, 5.41) is 2.95. The Labute approximate surface area is 252 Å². The number of carbonyl (C=O) groups excluding carboxylic acids is 2. The molecule has 9 nitrogen and oxygen atoms in total. The van der Waals surface area contributed by atoms with E-state index in [1.54, 1.807) is 6.92 Å². The Hall–Kier alpha value is -4.12. The fraction of sp³-hybridized carbons (Fsp3) is 0.375. The molecule has 3 aromatic carbocycles. The molecule has 1 N–H and O–H groups in total. The van der Waals surface area contributed by atoms with Crippen molar-refractivity contribution in [1.82, 2.24) is 10.2 Å². The number of rotatable bonds is 11. The van der Waals surface area contributed by atoms with Gasteiger partial charge in [0, 0.05) is 18.2 Å². The second-order valence-electron chi connectivity index (χ2n) is 11.3. The van der Waals surface area contributed by atoms with E-state index < -0.39 is 39.9 Å². The maximum atomic E-state index is 14.1. The lowest BCUT2D eigenvalue weighted by Crippen LogP contribution is -2.56. The summed E-state index contributed by atoms with van der Waals surface area (Å²) in [6, 6.07) is 17.8. The van der Waals surface area contributed by atoms with Gasteiger partial charge in [-0.1, -0.05) is 37.3 Å². The number of benzene rings is 3. The molecule has 0 radical (unpaired) electrons. The number of ether oxygens (including phenoxy) is 2. The van der Waals surface area contributed by atoms with Crippen LogP contribution in [0, 0.1) is 5.82 Å². The van der Waals surface area contributed by atoms with Gasteiger partial charge in [-0.3, -0.25) is 13.9 Å². The molecule has 0 unspecified atom stereocenters. The molecule has 11 heteroatoms. The average Bonchev–Trinajstić information content (AvgIpc) is 2.97. The molecule has 230 valence electrons. The van der Waals surface area contributed by atoms with E-state index in [1.165, 1.54) is 35.2 Å². The predicted molar refractivity (Wildman–Crippen MR) is 162 cm³/mol. The lowest BCUT2D eigenvalue weighted by atomic mass is 10.1. The van der Waals surface area contributed by atoms with Gasteiger partial charge in [-0.05, 0) is 75.6 Å². The number of carbonyl (C=O) groups is 2. The lowest BCUT2D eigenvalue weighted by Gasteiger charge is -2.34. The number of halogens is 1. The second kappa shape index (κ2) is 13.5. The molecule has 2 amide bonds. The minimum Gasteiger partial charge on any atom is -0.486 e. The van der Waals surface area contributed by atoms with Crippen molar-refractivity contribution in [2.24, 2.45) is 0 Å². The number of hydrogen-bond acceptors (Lipinski definition) is 6. The largest absolute Gasteiger partial charge is 0.486 e. The number of fused-ring (bicyclic) bond motifs is 1. The Kier molecular flexibility index (Phi) is 9.95. The molecule has 3 aromatic rings. The summed E-state index contributed by atoms with van der Waals surface area (Å²) in [6.07, 6.45) is 0.769. The van der Waals surface area contributed by atoms with Gasteiger partial charge in [0.15, 0.2) is 11.5 Å². The van der Waals surface area contributed by atoms with Gasteiger partial charge in [-0.15, -0.1) is 0 Å². The fourth-order valence-electron chi connectivity index (χ4n) is 4.80. The van der Waals surface area contributed by atoms with Crippen LogP contribution < -0.4 is 19.1 Å². The molecule has 43 heavy (non-hydrogen) atoms. The fourth-order valence-corrected chi connectivity index (χ4v) is 6.23. The van der Waals surface area contributed by atoms with Crippen LogP contribution in [0.25, 0.3) is 0 Å². The van der Waals surface area contributed by atoms with Gasteiger partial charge in [0.05, 0.1) is 10.6 Å². The summed E-state index contributed by atoms with van der Waals surface area (Å²) < 4.78 is 54.1. The van der Waals surface area contributed by atoms with Crippen LogP contribution >= 0.6 is 0 Å². The predicted octanol–water partition coefficient (Wildman–Crippen LogP) is 4.56. The van der Waals surface area contributed by atoms with Gasteiger partial charge in [0.2, 0.25) is 11.8 Å². The van der Waals surface area contributed by atoms with E-state index in [0.29, 0.717) is 25.2 Å². The zero-order chi connectivity index (χ0) is 31.2. The summed E-state index contributed by atoms with van der Waals surface area (Å²) in [7, 11) is -4.35. The number of nitrogens with one attached hydrogen (secondary N) is 1. The van der Waals surface area contributed by atoms with E-state index in [-0.39, 0.29) is 35.4 Å². The molecular formula is C32H38FN3O6S. The first-order valence-corrected chi connectivity index (χ1v) is 15.7. The standard InChI is InChI=1S/C32H38FN3O6S/c1-5-27(31(38)34-32(2,3)4)35(18-17-23-9-7-6-8-10-23)30(37)22-36(25-13-11-24(33)12-14-25)43(39,40)26-15-16-28-29(21-26)42-20-19-41-28/h6-16,21,27H,5,17-20,22H2,1-4H3,(H,34,38)/t27-/m1/s1. The molecule has 0 aromatic heterocycles. The Morgan fingerprint density at radius 1 is 0.953 bits per heavy atom. The molecule has 1 atom stereocenters. The number of nitrogens with zero attached hydrogens (tertiary/aromatic N) is 2. The third kappa shape index (κ3) is 8.04. The highest BCUT2D eigenvalue weighted by Gasteiger charge is 2.35. The first-order valence-electron chi connectivity index (χ1n) is 14.2. The Morgan fingerprint density at radius 3 is 2.23 bits per heavy atom. The molecular weight excluding hydrogens is 573 g/mol. The summed E-state index contributed by atoms with van der Waals surface area (Å²) in [5.41, 5.74) is 0.519. The van der Waals surface area contributed by atoms with Crippen LogP contribution in [0.3, 0.4) is 0 Å². The zero-order valence-electron chi connectivity index (χ0n) is 24.9. The topological polar surface area (TPSA) is 105 Å². The van der Waals surface area contributed by atoms with Crippen molar-refractivity contribution >= 4 is 27.5 Å². The van der Waals surface area contributed by atoms with E-state index in [9.17, 15) is 22.4 Å². The quantitative estimate of drug-likeness (QED) is 0.341. The maximum Gasteiger partial charge on any atom is 0.264 e. The molecule has 0 bridgehead atoms. The number of sulfonamides is 1. The van der Waals surface area contributed by atoms with Crippen molar-refractivity contribution < 1.29 is 31.9 Å². The van der Waals surface area contributed by atoms with Crippen molar-refractivity contribution in [3.63, 3.8) is 0 Å². The SMILES string of the molecule is CC[C@H](C(=O)NC(C)(C)C)N(CCc1ccccc1)C(=O)CN(c1ccc(F)cc1)S(=O)(=O)c1ccc2c(c1)OCCO2. The van der Waals surface area contributed by atoms with Gasteiger partial charge in [0.1, 0.15) is 31.6 Å². The molecule has 1 aliphatic rings. The van der Waals surface area contributed by atoms with Crippen LogP contribution in [0.1, 0.15) is 39.7 Å². The van der Waals surface area contributed by atoms with Crippen molar-refractivity contribution in [3.05, 3.63) is 84.2 Å². The summed E-state index contributed by atoms with van der Waals surface area (Å²) in [5.74, 6) is -0.776. The van der Waals surface area contributed by atoms with Crippen LogP contribution in [0.4, 0.5) is 10.1 Å². The van der Waals surface area contributed by atoms with Crippen molar-refractivity contribution in [2.75, 3.05) is 30.6 Å². The molecule has 0 saturated heterocycles. The highest BCUT2D eigenvalue weighted by atomic mass is 32.2. The molecule has 0 spiro atoms. The van der Waals surface area contributed by atoms with Crippen molar-refractivity contribution in [3.8, 4) is 11.5 Å². The highest BCUT2D eigenvalue weighted by molar-refractivity contribution is 7.92. The van der Waals surface area contributed by atoms with E-state index in [2.05, 4.69) is 5.32 Å². The maximum absolute atomic E-state index is 14.1. The minimum absolute atomic E-state index is 0.0971. The minimum atomic E-state index is -4.35. The van der Waals surface area contributed by atoms with Crippen LogP contribution in [-0.4, -0.2) is 63.0 Å². The Balaban J connectivity index is 1.71. The van der Waals surface area contributed by atoms with Crippen LogP contribution in [0.2, 0.25) is 0 Å². The first kappa shape index (κ1) is 31.8. The first-order chi connectivity index (χ1) is 20.4. The van der Waals surface area contributed by atoms with E-state index >= 15 is 0 Å². The molecule has 0 fully saturated rings. The van der Waals surface area contributed by atoms with Gasteiger partial charge < -0.3 is 19.7 Å². The number of anilines is 1. The van der Waals surface area contributed by atoms with E-state index in [1.807, 2.05) is 51.1 Å². The molecule has 4 rings (SSSR count). The third-order valence-electron chi connectivity index (χ3n) is 6.86. The van der Waals surface area contributed by atoms with Gasteiger partial charge in [-0.25, -0.2) is 12.8 Å². The van der Waals surface area contributed by atoms with E-state index in [4.69, 9.17) is 9.47 Å². The Morgan fingerprint density at radius 2 is 1.60 bits per heavy atom. The van der Waals surface area contributed by atoms with Gasteiger partial charge in [0.25, 0.3) is 10.0 Å². The summed E-state index contributed by atoms with van der Waals surface area (Å²) >= 11 is 0. The normalized spacial score (nSPS) is 13.6. The van der Waals surface area contributed by atoms with E-state index in [0.717, 1.165) is 22.0 Å². The van der Waals surface area contributed by atoms with Crippen LogP contribution in [0.15, 0.2) is 77.7 Å². The average molecular weight is 612 g/mol. The zero-order valence-corrected chi connectivity index (χ0v) is 25.7. The number of amides is 2. The monoisotopic (exact) mass is 611 g/mol. The summed E-state index contributed by atoms with van der Waals surface area (Å²) in [6.45, 7) is 7.53. The molecule has 1 heterocycles. The molecule has 0 saturated carbocycles. The smallest absolute Gasteiger partial charge is 0.264 e. The van der Waals surface area contributed by atoms with Crippen LogP contribution in [-0.2, 0) is 26.0 Å². The van der Waals surface area contributed by atoms with Crippen molar-refractivity contribution in [1.29, 1.82) is 0 Å². The lowest BCUT2D eigenvalue weighted by molar-refractivity contribution is -0.140.